The van der Waals surface area contributed by atoms with Gasteiger partial charge in [0.2, 0.25) is 0 Å². The minimum Gasteiger partial charge on any atom is -0.430 e. The van der Waals surface area contributed by atoms with Gasteiger partial charge in [0.1, 0.15) is 12.2 Å². The molecule has 4 heteroatoms. The van der Waals surface area contributed by atoms with Gasteiger partial charge in [-0.2, -0.15) is 0 Å². The van der Waals surface area contributed by atoms with Crippen LogP contribution in [0.2, 0.25) is 0 Å². The average molecular weight is 160 g/mol. The fourth-order valence-corrected chi connectivity index (χ4v) is 0.862. The van der Waals surface area contributed by atoms with Crippen molar-refractivity contribution in [2.45, 2.75) is 32.0 Å². The standard InChI is InChI=1S/C7H12O4/c1-3-7(2,9)5-4-10-6(8)11-5/h5,9H,3-4H2,1-2H3. The summed E-state index contributed by atoms with van der Waals surface area (Å²) in [7, 11) is 0. The molecule has 0 spiro atoms. The highest BCUT2D eigenvalue weighted by atomic mass is 16.8. The number of rotatable bonds is 2. The predicted molar refractivity (Wildman–Crippen MR) is 37.1 cm³/mol. The Kier molecular flexibility index (Phi) is 2.04. The van der Waals surface area contributed by atoms with Crippen molar-refractivity contribution in [3.8, 4) is 0 Å². The topological polar surface area (TPSA) is 55.8 Å². The summed E-state index contributed by atoms with van der Waals surface area (Å²) in [5.74, 6) is 0. The fourth-order valence-electron chi connectivity index (χ4n) is 0.862. The van der Waals surface area contributed by atoms with Gasteiger partial charge in [0, 0.05) is 0 Å². The number of carbonyl (C=O) groups is 1. The molecule has 1 aliphatic rings. The lowest BCUT2D eigenvalue weighted by molar-refractivity contribution is -0.0492. The van der Waals surface area contributed by atoms with E-state index in [0.717, 1.165) is 0 Å². The molecule has 0 amide bonds. The van der Waals surface area contributed by atoms with Crippen molar-refractivity contribution in [1.29, 1.82) is 0 Å². The summed E-state index contributed by atoms with van der Waals surface area (Å²) in [4.78, 5) is 10.5. The Balaban J connectivity index is 2.55. The van der Waals surface area contributed by atoms with Crippen molar-refractivity contribution in [1.82, 2.24) is 0 Å². The van der Waals surface area contributed by atoms with Crippen LogP contribution in [-0.4, -0.2) is 29.6 Å². The zero-order chi connectivity index (χ0) is 8.48. The molecule has 1 N–H and O–H groups in total. The smallest absolute Gasteiger partial charge is 0.430 e. The maximum Gasteiger partial charge on any atom is 0.508 e. The van der Waals surface area contributed by atoms with Crippen LogP contribution >= 0.6 is 0 Å². The lowest BCUT2D eigenvalue weighted by Gasteiger charge is -2.24. The molecule has 11 heavy (non-hydrogen) atoms. The molecular formula is C7H12O4. The van der Waals surface area contributed by atoms with E-state index in [1.165, 1.54) is 0 Å². The van der Waals surface area contributed by atoms with E-state index >= 15 is 0 Å². The molecule has 1 fully saturated rings. The predicted octanol–water partition coefficient (Wildman–Crippen LogP) is 0.683. The van der Waals surface area contributed by atoms with Gasteiger partial charge in [0.25, 0.3) is 0 Å². The largest absolute Gasteiger partial charge is 0.508 e. The van der Waals surface area contributed by atoms with E-state index in [2.05, 4.69) is 4.74 Å². The monoisotopic (exact) mass is 160 g/mol. The van der Waals surface area contributed by atoms with Crippen molar-refractivity contribution in [2.75, 3.05) is 6.61 Å². The molecule has 0 aromatic carbocycles. The van der Waals surface area contributed by atoms with Gasteiger partial charge in [-0.25, -0.2) is 4.79 Å². The van der Waals surface area contributed by atoms with E-state index < -0.39 is 17.9 Å². The zero-order valence-corrected chi connectivity index (χ0v) is 6.66. The molecule has 0 aromatic rings. The first-order valence-electron chi connectivity index (χ1n) is 3.62. The van der Waals surface area contributed by atoms with Crippen LogP contribution in [0.1, 0.15) is 20.3 Å². The number of aliphatic hydroxyl groups is 1. The first-order valence-corrected chi connectivity index (χ1v) is 3.62. The Hall–Kier alpha value is -0.770. The quantitative estimate of drug-likeness (QED) is 0.603. The molecular weight excluding hydrogens is 148 g/mol. The number of ether oxygens (including phenoxy) is 2. The van der Waals surface area contributed by atoms with Crippen LogP contribution in [0.25, 0.3) is 0 Å². The van der Waals surface area contributed by atoms with E-state index in [1.54, 1.807) is 6.92 Å². The van der Waals surface area contributed by atoms with Crippen LogP contribution < -0.4 is 0 Å². The Labute approximate surface area is 65.1 Å². The van der Waals surface area contributed by atoms with Crippen LogP contribution in [0.15, 0.2) is 0 Å². The second kappa shape index (κ2) is 2.70. The van der Waals surface area contributed by atoms with E-state index in [-0.39, 0.29) is 6.61 Å². The highest BCUT2D eigenvalue weighted by molar-refractivity contribution is 5.62. The molecule has 2 atom stereocenters. The van der Waals surface area contributed by atoms with Crippen LogP contribution in [-0.2, 0) is 9.47 Å². The Morgan fingerprint density at radius 3 is 2.82 bits per heavy atom. The summed E-state index contributed by atoms with van der Waals surface area (Å²) in [5.41, 5.74) is -0.966. The van der Waals surface area contributed by atoms with Gasteiger partial charge in [-0.05, 0) is 13.3 Å². The molecule has 1 saturated heterocycles. The highest BCUT2D eigenvalue weighted by Gasteiger charge is 2.39. The lowest BCUT2D eigenvalue weighted by Crippen LogP contribution is -2.40. The summed E-state index contributed by atoms with van der Waals surface area (Å²) in [6.07, 6.45) is -0.669. The molecule has 0 aromatic heterocycles. The second-order valence-corrected chi connectivity index (χ2v) is 2.88. The highest BCUT2D eigenvalue weighted by Crippen LogP contribution is 2.22. The molecule has 64 valence electrons. The molecule has 0 aliphatic carbocycles. The molecule has 2 unspecified atom stereocenters. The van der Waals surface area contributed by atoms with Gasteiger partial charge < -0.3 is 14.6 Å². The first-order chi connectivity index (χ1) is 5.06. The van der Waals surface area contributed by atoms with Gasteiger partial charge in [0.05, 0.1) is 0 Å². The Morgan fingerprint density at radius 2 is 2.45 bits per heavy atom. The van der Waals surface area contributed by atoms with Gasteiger partial charge in [0.15, 0.2) is 6.10 Å². The molecule has 1 aliphatic heterocycles. The van der Waals surface area contributed by atoms with Gasteiger partial charge >= 0.3 is 6.16 Å². The Bertz CT molecular complexity index is 164. The average Bonchev–Trinajstić information content (AvgIpc) is 2.36. The number of cyclic esters (lactones) is 2. The number of carbonyl (C=O) groups excluding carboxylic acids is 1. The minimum absolute atomic E-state index is 0.152. The van der Waals surface area contributed by atoms with Crippen LogP contribution in [0, 0.1) is 0 Å². The summed E-state index contributed by atoms with van der Waals surface area (Å²) in [6, 6.07) is 0. The SMILES string of the molecule is CCC(C)(O)C1COC(=O)O1. The third-order valence-corrected chi connectivity index (χ3v) is 2.00. The molecule has 1 heterocycles. The summed E-state index contributed by atoms with van der Waals surface area (Å²) in [6.45, 7) is 3.60. The van der Waals surface area contributed by atoms with E-state index in [1.807, 2.05) is 6.92 Å². The van der Waals surface area contributed by atoms with Crippen molar-refractivity contribution >= 4 is 6.16 Å². The minimum atomic E-state index is -0.966. The van der Waals surface area contributed by atoms with Crippen molar-refractivity contribution in [2.24, 2.45) is 0 Å². The molecule has 4 nitrogen and oxygen atoms in total. The zero-order valence-electron chi connectivity index (χ0n) is 6.66. The summed E-state index contributed by atoms with van der Waals surface area (Å²) in [5, 5.41) is 9.58. The molecule has 0 bridgehead atoms. The van der Waals surface area contributed by atoms with Crippen molar-refractivity contribution in [3.05, 3.63) is 0 Å². The Morgan fingerprint density at radius 1 is 1.82 bits per heavy atom. The molecule has 1 rings (SSSR count). The lowest BCUT2D eigenvalue weighted by atomic mass is 9.97. The normalized spacial score (nSPS) is 29.0. The van der Waals surface area contributed by atoms with Crippen LogP contribution in [0.5, 0.6) is 0 Å². The van der Waals surface area contributed by atoms with Crippen LogP contribution in [0.3, 0.4) is 0 Å². The summed E-state index contributed by atoms with van der Waals surface area (Å²) >= 11 is 0. The number of hydrogen-bond donors (Lipinski definition) is 1. The maximum absolute atomic E-state index is 10.5. The molecule has 0 radical (unpaired) electrons. The number of hydrogen-bond acceptors (Lipinski definition) is 4. The van der Waals surface area contributed by atoms with Gasteiger partial charge in [-0.1, -0.05) is 6.92 Å². The van der Waals surface area contributed by atoms with Crippen molar-refractivity contribution < 1.29 is 19.4 Å². The van der Waals surface area contributed by atoms with E-state index in [0.29, 0.717) is 6.42 Å². The van der Waals surface area contributed by atoms with Gasteiger partial charge in [-0.3, -0.25) is 0 Å². The van der Waals surface area contributed by atoms with Crippen molar-refractivity contribution in [3.63, 3.8) is 0 Å². The third-order valence-electron chi connectivity index (χ3n) is 2.00. The van der Waals surface area contributed by atoms with E-state index in [4.69, 9.17) is 4.74 Å². The second-order valence-electron chi connectivity index (χ2n) is 2.88. The first kappa shape index (κ1) is 8.33. The maximum atomic E-state index is 10.5. The summed E-state index contributed by atoms with van der Waals surface area (Å²) < 4.78 is 9.24. The third kappa shape index (κ3) is 1.63. The fraction of sp³-hybridized carbons (Fsp3) is 0.857. The van der Waals surface area contributed by atoms with Crippen LogP contribution in [0.4, 0.5) is 4.79 Å². The van der Waals surface area contributed by atoms with E-state index in [9.17, 15) is 9.90 Å². The molecule has 0 saturated carbocycles. The van der Waals surface area contributed by atoms with Gasteiger partial charge in [-0.15, -0.1) is 0 Å².